The first kappa shape index (κ1) is 15.2. The molecule has 9 nitrogen and oxygen atoms in total. The first-order chi connectivity index (χ1) is 9.99. The first-order valence-electron chi connectivity index (χ1n) is 6.14. The monoisotopic (exact) mass is 356 g/mol. The highest BCUT2D eigenvalue weighted by molar-refractivity contribution is 9.10. The molecular weight excluding hydrogens is 344 g/mol. The third-order valence-electron chi connectivity index (χ3n) is 2.78. The van der Waals surface area contributed by atoms with Gasteiger partial charge in [-0.2, -0.15) is 10.2 Å². The van der Waals surface area contributed by atoms with E-state index in [1.165, 1.54) is 0 Å². The van der Waals surface area contributed by atoms with Crippen molar-refractivity contribution in [3.8, 4) is 0 Å². The molecule has 21 heavy (non-hydrogen) atoms. The van der Waals surface area contributed by atoms with Gasteiger partial charge in [-0.05, 0) is 29.3 Å². The summed E-state index contributed by atoms with van der Waals surface area (Å²) in [5, 5.41) is 23.4. The lowest BCUT2D eigenvalue weighted by molar-refractivity contribution is -0.385. The van der Waals surface area contributed by atoms with E-state index in [9.17, 15) is 14.9 Å². The van der Waals surface area contributed by atoms with Crippen LogP contribution in [0.5, 0.6) is 0 Å². The number of amides is 1. The van der Waals surface area contributed by atoms with Gasteiger partial charge in [0.05, 0.1) is 15.1 Å². The van der Waals surface area contributed by atoms with Gasteiger partial charge in [0, 0.05) is 19.3 Å². The van der Waals surface area contributed by atoms with Crippen LogP contribution >= 0.6 is 15.9 Å². The van der Waals surface area contributed by atoms with Gasteiger partial charge in [0.25, 0.3) is 5.91 Å². The van der Waals surface area contributed by atoms with Gasteiger partial charge in [0.1, 0.15) is 6.20 Å². The van der Waals surface area contributed by atoms with Gasteiger partial charge in [0.15, 0.2) is 0 Å². The molecule has 0 aliphatic heterocycles. The summed E-state index contributed by atoms with van der Waals surface area (Å²) in [6.07, 6.45) is 3.52. The predicted molar refractivity (Wildman–Crippen MR) is 76.9 cm³/mol. The van der Waals surface area contributed by atoms with Crippen molar-refractivity contribution >= 4 is 27.5 Å². The summed E-state index contributed by atoms with van der Waals surface area (Å²) in [6, 6.07) is 0. The smallest absolute Gasteiger partial charge is 0.319 e. The fourth-order valence-corrected chi connectivity index (χ4v) is 2.04. The Kier molecular flexibility index (Phi) is 4.68. The zero-order valence-electron chi connectivity index (χ0n) is 11.2. The van der Waals surface area contributed by atoms with Crippen LogP contribution in [0.25, 0.3) is 0 Å². The van der Waals surface area contributed by atoms with E-state index in [0.29, 0.717) is 19.5 Å². The summed E-state index contributed by atoms with van der Waals surface area (Å²) in [7, 11) is 0. The van der Waals surface area contributed by atoms with Crippen LogP contribution < -0.4 is 5.32 Å². The van der Waals surface area contributed by atoms with Gasteiger partial charge >= 0.3 is 5.69 Å². The molecule has 0 bridgehead atoms. The number of H-pyrrole nitrogens is 1. The van der Waals surface area contributed by atoms with Gasteiger partial charge in [0.2, 0.25) is 5.69 Å². The molecule has 0 aliphatic rings. The number of halogens is 1. The minimum absolute atomic E-state index is 0.141. The van der Waals surface area contributed by atoms with Crippen LogP contribution in [0.1, 0.15) is 22.6 Å². The fourth-order valence-electron chi connectivity index (χ4n) is 1.72. The maximum Gasteiger partial charge on any atom is 0.319 e. The minimum Gasteiger partial charge on any atom is -0.350 e. The Morgan fingerprint density at radius 3 is 3.00 bits per heavy atom. The summed E-state index contributed by atoms with van der Waals surface area (Å²) in [6.45, 7) is 2.91. The SMILES string of the molecule is Cc1nn(CCCNC(=O)c2[nH]ncc2[N+](=O)[O-])cc1Br. The van der Waals surface area contributed by atoms with Crippen molar-refractivity contribution in [3.05, 3.63) is 38.4 Å². The Morgan fingerprint density at radius 2 is 2.38 bits per heavy atom. The zero-order chi connectivity index (χ0) is 15.4. The maximum atomic E-state index is 11.8. The quantitative estimate of drug-likeness (QED) is 0.460. The summed E-state index contributed by atoms with van der Waals surface area (Å²) in [4.78, 5) is 21.8. The van der Waals surface area contributed by atoms with E-state index in [2.05, 4.69) is 36.5 Å². The lowest BCUT2D eigenvalue weighted by Gasteiger charge is -2.04. The van der Waals surface area contributed by atoms with Crippen molar-refractivity contribution in [2.45, 2.75) is 19.9 Å². The number of aromatic amines is 1. The Bertz CT molecular complexity index is 645. The third kappa shape index (κ3) is 3.66. The summed E-state index contributed by atoms with van der Waals surface area (Å²) in [5.74, 6) is -0.544. The molecule has 2 heterocycles. The first-order valence-corrected chi connectivity index (χ1v) is 6.94. The van der Waals surface area contributed by atoms with E-state index in [1.807, 2.05) is 13.1 Å². The second-order valence-corrected chi connectivity index (χ2v) is 5.18. The van der Waals surface area contributed by atoms with Gasteiger partial charge in [-0.3, -0.25) is 24.7 Å². The standard InChI is InChI=1S/C11H13BrN6O3/c1-7-8(12)6-17(16-7)4-2-3-13-11(19)10-9(18(20)21)5-14-15-10/h5-6H,2-4H2,1H3,(H,13,19)(H,14,15). The van der Waals surface area contributed by atoms with Crippen LogP contribution in [0.15, 0.2) is 16.9 Å². The number of nitro groups is 1. The highest BCUT2D eigenvalue weighted by atomic mass is 79.9. The van der Waals surface area contributed by atoms with E-state index >= 15 is 0 Å². The van der Waals surface area contributed by atoms with Crippen LogP contribution in [-0.2, 0) is 6.54 Å². The Morgan fingerprint density at radius 1 is 1.62 bits per heavy atom. The molecule has 0 radical (unpaired) electrons. The van der Waals surface area contributed by atoms with Crippen molar-refractivity contribution in [3.63, 3.8) is 0 Å². The van der Waals surface area contributed by atoms with E-state index in [4.69, 9.17) is 0 Å². The van der Waals surface area contributed by atoms with E-state index in [1.54, 1.807) is 4.68 Å². The number of hydrogen-bond donors (Lipinski definition) is 2. The number of rotatable bonds is 6. The Hall–Kier alpha value is -2.23. The number of aromatic nitrogens is 4. The molecule has 0 unspecified atom stereocenters. The van der Waals surface area contributed by atoms with E-state index in [0.717, 1.165) is 16.4 Å². The zero-order valence-corrected chi connectivity index (χ0v) is 12.8. The summed E-state index contributed by atoms with van der Waals surface area (Å²) >= 11 is 3.37. The van der Waals surface area contributed by atoms with Crippen LogP contribution in [0, 0.1) is 17.0 Å². The second-order valence-electron chi connectivity index (χ2n) is 4.32. The van der Waals surface area contributed by atoms with Crippen LogP contribution in [0.2, 0.25) is 0 Å². The van der Waals surface area contributed by atoms with Gasteiger partial charge in [-0.25, -0.2) is 0 Å². The molecule has 10 heteroatoms. The lowest BCUT2D eigenvalue weighted by Crippen LogP contribution is -2.26. The molecule has 0 aliphatic carbocycles. The minimum atomic E-state index is -0.650. The van der Waals surface area contributed by atoms with Gasteiger partial charge < -0.3 is 5.32 Å². The predicted octanol–water partition coefficient (Wildman–Crippen LogP) is 1.41. The maximum absolute atomic E-state index is 11.8. The molecule has 0 fully saturated rings. The van der Waals surface area contributed by atoms with Crippen LogP contribution in [0.3, 0.4) is 0 Å². The topological polar surface area (TPSA) is 119 Å². The molecule has 0 aromatic carbocycles. The molecule has 1 amide bonds. The normalized spacial score (nSPS) is 10.6. The summed E-state index contributed by atoms with van der Waals surface area (Å²) in [5.41, 5.74) is 0.420. The number of carbonyl (C=O) groups excluding carboxylic acids is 1. The molecule has 2 aromatic heterocycles. The van der Waals surface area contributed by atoms with Gasteiger partial charge in [-0.1, -0.05) is 0 Å². The average molecular weight is 357 g/mol. The third-order valence-corrected chi connectivity index (χ3v) is 3.56. The molecule has 2 N–H and O–H groups in total. The van der Waals surface area contributed by atoms with Gasteiger partial charge in [-0.15, -0.1) is 0 Å². The number of nitrogens with one attached hydrogen (secondary N) is 2. The Balaban J connectivity index is 1.82. The second kappa shape index (κ2) is 6.48. The molecular formula is C11H13BrN6O3. The molecule has 0 spiro atoms. The fraction of sp³-hybridized carbons (Fsp3) is 0.364. The van der Waals surface area contributed by atoms with Crippen LogP contribution in [0.4, 0.5) is 5.69 Å². The molecule has 0 saturated carbocycles. The molecule has 2 rings (SSSR count). The number of hydrogen-bond acceptors (Lipinski definition) is 5. The number of aryl methyl sites for hydroxylation is 2. The summed E-state index contributed by atoms with van der Waals surface area (Å²) < 4.78 is 2.70. The van der Waals surface area contributed by atoms with Crippen molar-refractivity contribution in [1.29, 1.82) is 0 Å². The highest BCUT2D eigenvalue weighted by Crippen LogP contribution is 2.14. The largest absolute Gasteiger partial charge is 0.350 e. The molecule has 2 aromatic rings. The molecule has 0 saturated heterocycles. The van der Waals surface area contributed by atoms with E-state index in [-0.39, 0.29) is 11.4 Å². The number of carbonyl (C=O) groups is 1. The number of nitrogens with zero attached hydrogens (tertiary/aromatic N) is 4. The van der Waals surface area contributed by atoms with Crippen molar-refractivity contribution < 1.29 is 9.72 Å². The van der Waals surface area contributed by atoms with Crippen molar-refractivity contribution in [2.75, 3.05) is 6.54 Å². The molecule has 0 atom stereocenters. The van der Waals surface area contributed by atoms with E-state index < -0.39 is 10.8 Å². The van der Waals surface area contributed by atoms with Crippen LogP contribution in [-0.4, -0.2) is 37.4 Å². The average Bonchev–Trinajstić information content (AvgIpc) is 3.02. The highest BCUT2D eigenvalue weighted by Gasteiger charge is 2.22. The Labute approximate surface area is 128 Å². The molecule has 112 valence electrons. The van der Waals surface area contributed by atoms with Crippen molar-refractivity contribution in [2.24, 2.45) is 0 Å². The lowest BCUT2D eigenvalue weighted by atomic mass is 10.3. The van der Waals surface area contributed by atoms with Crippen molar-refractivity contribution in [1.82, 2.24) is 25.3 Å².